The lowest BCUT2D eigenvalue weighted by Gasteiger charge is -2.30. The molecule has 0 unspecified atom stereocenters. The van der Waals surface area contributed by atoms with E-state index in [2.05, 4.69) is 0 Å². The number of carbonyl (C=O) groups excluding carboxylic acids is 1. The van der Waals surface area contributed by atoms with E-state index in [1.54, 1.807) is 11.9 Å². The summed E-state index contributed by atoms with van der Waals surface area (Å²) in [6, 6.07) is 7.49. The summed E-state index contributed by atoms with van der Waals surface area (Å²) in [5.41, 5.74) is 6.40. The van der Waals surface area contributed by atoms with Crippen LogP contribution >= 0.6 is 11.6 Å². The van der Waals surface area contributed by atoms with Crippen molar-refractivity contribution in [3.63, 3.8) is 0 Å². The van der Waals surface area contributed by atoms with Gasteiger partial charge in [0.1, 0.15) is 0 Å². The Labute approximate surface area is 114 Å². The molecular weight excluding hydrogens is 248 g/mol. The normalized spacial score (nSPS) is 11.4. The molecule has 1 rings (SSSR count). The summed E-state index contributed by atoms with van der Waals surface area (Å²) in [5.74, 6) is -0.0116. The topological polar surface area (TPSA) is 46.3 Å². The largest absolute Gasteiger partial charge is 0.340 e. The zero-order valence-corrected chi connectivity index (χ0v) is 12.0. The number of hydrogen-bond acceptors (Lipinski definition) is 2. The van der Waals surface area contributed by atoms with Gasteiger partial charge in [0.05, 0.1) is 5.54 Å². The Bertz CT molecular complexity index is 399. The van der Waals surface area contributed by atoms with Crippen LogP contribution in [0.25, 0.3) is 0 Å². The van der Waals surface area contributed by atoms with E-state index >= 15 is 0 Å². The Hall–Kier alpha value is -1.06. The van der Waals surface area contributed by atoms with Crippen LogP contribution in [-0.2, 0) is 11.3 Å². The first kappa shape index (κ1) is 15.0. The Morgan fingerprint density at radius 1 is 1.28 bits per heavy atom. The average Bonchev–Trinajstić information content (AvgIpc) is 2.39. The minimum atomic E-state index is -0.749. The highest BCUT2D eigenvalue weighted by molar-refractivity contribution is 6.30. The molecule has 0 fully saturated rings. The molecule has 100 valence electrons. The minimum Gasteiger partial charge on any atom is -0.340 e. The Morgan fingerprint density at radius 2 is 1.78 bits per heavy atom. The van der Waals surface area contributed by atoms with Gasteiger partial charge in [-0.2, -0.15) is 0 Å². The van der Waals surface area contributed by atoms with Crippen molar-refractivity contribution in [3.8, 4) is 0 Å². The van der Waals surface area contributed by atoms with Gasteiger partial charge in [-0.1, -0.05) is 37.6 Å². The van der Waals surface area contributed by atoms with Crippen LogP contribution in [0, 0.1) is 0 Å². The first-order valence-electron chi connectivity index (χ1n) is 6.22. The summed E-state index contributed by atoms with van der Waals surface area (Å²) in [4.78, 5) is 14.0. The third-order valence-electron chi connectivity index (χ3n) is 3.37. The molecule has 0 aromatic heterocycles. The molecule has 0 radical (unpaired) electrons. The summed E-state index contributed by atoms with van der Waals surface area (Å²) >= 11 is 5.83. The minimum absolute atomic E-state index is 0.0116. The third-order valence-corrected chi connectivity index (χ3v) is 3.62. The lowest BCUT2D eigenvalue weighted by Crippen LogP contribution is -2.53. The zero-order valence-electron chi connectivity index (χ0n) is 11.2. The lowest BCUT2D eigenvalue weighted by atomic mass is 9.92. The van der Waals surface area contributed by atoms with Crippen molar-refractivity contribution in [1.29, 1.82) is 0 Å². The van der Waals surface area contributed by atoms with Crippen LogP contribution in [0.1, 0.15) is 32.3 Å². The number of likely N-dealkylation sites (N-methyl/N-ethyl adjacent to an activating group) is 1. The zero-order chi connectivity index (χ0) is 13.8. The molecule has 1 aromatic rings. The molecule has 18 heavy (non-hydrogen) atoms. The highest BCUT2D eigenvalue weighted by Gasteiger charge is 2.32. The predicted molar refractivity (Wildman–Crippen MR) is 75.4 cm³/mol. The molecule has 0 spiro atoms. The molecule has 0 aliphatic rings. The molecule has 0 heterocycles. The first-order valence-corrected chi connectivity index (χ1v) is 6.59. The number of amides is 1. The molecule has 2 N–H and O–H groups in total. The van der Waals surface area contributed by atoms with E-state index < -0.39 is 5.54 Å². The van der Waals surface area contributed by atoms with Crippen LogP contribution < -0.4 is 5.73 Å². The van der Waals surface area contributed by atoms with Crippen LogP contribution in [0.3, 0.4) is 0 Å². The van der Waals surface area contributed by atoms with Gasteiger partial charge in [-0.05, 0) is 30.5 Å². The maximum absolute atomic E-state index is 12.3. The van der Waals surface area contributed by atoms with Gasteiger partial charge in [-0.15, -0.1) is 0 Å². The molecule has 0 aliphatic carbocycles. The van der Waals surface area contributed by atoms with Gasteiger partial charge in [-0.3, -0.25) is 4.79 Å². The number of hydrogen-bond donors (Lipinski definition) is 1. The number of benzene rings is 1. The van der Waals surface area contributed by atoms with E-state index in [1.807, 2.05) is 38.1 Å². The van der Waals surface area contributed by atoms with Crippen LogP contribution in [0.15, 0.2) is 24.3 Å². The Morgan fingerprint density at radius 3 is 2.22 bits per heavy atom. The molecule has 4 heteroatoms. The van der Waals surface area contributed by atoms with E-state index in [0.29, 0.717) is 24.4 Å². The van der Waals surface area contributed by atoms with Crippen LogP contribution in [0.2, 0.25) is 5.02 Å². The first-order chi connectivity index (χ1) is 8.42. The molecular formula is C14H21ClN2O. The summed E-state index contributed by atoms with van der Waals surface area (Å²) in [6.07, 6.45) is 1.29. The molecule has 0 aliphatic heterocycles. The molecule has 0 atom stereocenters. The Balaban J connectivity index is 2.73. The average molecular weight is 269 g/mol. The smallest absolute Gasteiger partial charge is 0.242 e. The van der Waals surface area contributed by atoms with Crippen molar-refractivity contribution in [1.82, 2.24) is 4.90 Å². The monoisotopic (exact) mass is 268 g/mol. The number of rotatable bonds is 5. The van der Waals surface area contributed by atoms with Crippen molar-refractivity contribution in [3.05, 3.63) is 34.9 Å². The van der Waals surface area contributed by atoms with E-state index in [-0.39, 0.29) is 5.91 Å². The van der Waals surface area contributed by atoms with E-state index in [0.717, 1.165) is 5.56 Å². The fourth-order valence-electron chi connectivity index (χ4n) is 1.87. The molecule has 1 amide bonds. The number of halogens is 1. The van der Waals surface area contributed by atoms with Crippen LogP contribution in [-0.4, -0.2) is 23.4 Å². The van der Waals surface area contributed by atoms with Gasteiger partial charge < -0.3 is 10.6 Å². The van der Waals surface area contributed by atoms with E-state index in [4.69, 9.17) is 17.3 Å². The third kappa shape index (κ3) is 3.47. The Kier molecular flexibility index (Phi) is 5.17. The number of nitrogens with zero attached hydrogens (tertiary/aromatic N) is 1. The molecule has 1 aromatic carbocycles. The fourth-order valence-corrected chi connectivity index (χ4v) is 1.99. The second-order valence-corrected chi connectivity index (χ2v) is 5.09. The van der Waals surface area contributed by atoms with Gasteiger partial charge in [0.25, 0.3) is 0 Å². The van der Waals surface area contributed by atoms with Crippen molar-refractivity contribution in [2.45, 2.75) is 38.8 Å². The summed E-state index contributed by atoms with van der Waals surface area (Å²) in [6.45, 7) is 4.43. The van der Waals surface area contributed by atoms with Gasteiger partial charge in [-0.25, -0.2) is 0 Å². The van der Waals surface area contributed by atoms with Gasteiger partial charge >= 0.3 is 0 Å². The highest BCUT2D eigenvalue weighted by Crippen LogP contribution is 2.17. The van der Waals surface area contributed by atoms with Gasteiger partial charge in [0, 0.05) is 18.6 Å². The summed E-state index contributed by atoms with van der Waals surface area (Å²) in [5, 5.41) is 0.697. The summed E-state index contributed by atoms with van der Waals surface area (Å²) in [7, 11) is 1.78. The maximum atomic E-state index is 12.3. The fraction of sp³-hybridized carbons (Fsp3) is 0.500. The number of nitrogens with two attached hydrogens (primary N) is 1. The quantitative estimate of drug-likeness (QED) is 0.893. The SMILES string of the molecule is CCC(N)(CC)C(=O)N(C)Cc1ccc(Cl)cc1. The standard InChI is InChI=1S/C14H21ClN2O/c1-4-14(16,5-2)13(18)17(3)10-11-6-8-12(15)9-7-11/h6-9H,4-5,10,16H2,1-3H3. The van der Waals surface area contributed by atoms with E-state index in [9.17, 15) is 4.79 Å². The van der Waals surface area contributed by atoms with Gasteiger partial charge in [0.2, 0.25) is 5.91 Å². The second kappa shape index (κ2) is 6.21. The van der Waals surface area contributed by atoms with Crippen molar-refractivity contribution < 1.29 is 4.79 Å². The molecule has 3 nitrogen and oxygen atoms in total. The van der Waals surface area contributed by atoms with E-state index in [1.165, 1.54) is 0 Å². The van der Waals surface area contributed by atoms with Crippen molar-refractivity contribution in [2.24, 2.45) is 5.73 Å². The van der Waals surface area contributed by atoms with Crippen molar-refractivity contribution in [2.75, 3.05) is 7.05 Å². The molecule has 0 bridgehead atoms. The van der Waals surface area contributed by atoms with Crippen molar-refractivity contribution >= 4 is 17.5 Å². The summed E-state index contributed by atoms with van der Waals surface area (Å²) < 4.78 is 0. The lowest BCUT2D eigenvalue weighted by molar-refractivity contribution is -0.136. The molecule has 0 saturated heterocycles. The number of carbonyl (C=O) groups is 1. The maximum Gasteiger partial charge on any atom is 0.242 e. The predicted octanol–water partition coefficient (Wildman–Crippen LogP) is 2.82. The highest BCUT2D eigenvalue weighted by atomic mass is 35.5. The molecule has 0 saturated carbocycles. The second-order valence-electron chi connectivity index (χ2n) is 4.65. The van der Waals surface area contributed by atoms with Crippen LogP contribution in [0.4, 0.5) is 0 Å². The van der Waals surface area contributed by atoms with Crippen LogP contribution in [0.5, 0.6) is 0 Å². The van der Waals surface area contributed by atoms with Gasteiger partial charge in [0.15, 0.2) is 0 Å².